The van der Waals surface area contributed by atoms with E-state index in [4.69, 9.17) is 9.72 Å². The molecule has 0 saturated heterocycles. The number of fused-ring (bicyclic) bond motifs is 1. The Kier molecular flexibility index (Phi) is 5.75. The van der Waals surface area contributed by atoms with Crippen molar-refractivity contribution in [2.75, 3.05) is 7.11 Å². The van der Waals surface area contributed by atoms with Gasteiger partial charge in [-0.2, -0.15) is 0 Å². The van der Waals surface area contributed by atoms with Gasteiger partial charge in [-0.15, -0.1) is 0 Å². The predicted molar refractivity (Wildman–Crippen MR) is 121 cm³/mol. The smallest absolute Gasteiger partial charge is 0.252 e. The van der Waals surface area contributed by atoms with Crippen molar-refractivity contribution in [3.8, 4) is 17.0 Å². The van der Waals surface area contributed by atoms with Crippen molar-refractivity contribution in [2.24, 2.45) is 0 Å². The highest BCUT2D eigenvalue weighted by atomic mass is 16.5. The highest BCUT2D eigenvalue weighted by Crippen LogP contribution is 2.31. The molecule has 4 aromatic rings. The molecule has 3 aromatic carbocycles. The molecule has 4 rings (SSSR count). The number of hydrogen-bond donors (Lipinski definition) is 1. The molecule has 150 valence electrons. The van der Waals surface area contributed by atoms with Gasteiger partial charge in [0, 0.05) is 10.9 Å². The third-order valence-corrected chi connectivity index (χ3v) is 5.26. The molecule has 0 radical (unpaired) electrons. The van der Waals surface area contributed by atoms with Gasteiger partial charge < -0.3 is 10.1 Å². The second-order valence-electron chi connectivity index (χ2n) is 7.12. The normalized spacial score (nSPS) is 11.8. The number of carbonyl (C=O) groups is 1. The molecule has 30 heavy (non-hydrogen) atoms. The molecule has 0 aliphatic rings. The van der Waals surface area contributed by atoms with E-state index in [1.807, 2.05) is 84.9 Å². The number of para-hydroxylation sites is 2. The van der Waals surface area contributed by atoms with Crippen molar-refractivity contribution < 1.29 is 9.53 Å². The van der Waals surface area contributed by atoms with Crippen molar-refractivity contribution in [1.29, 1.82) is 0 Å². The summed E-state index contributed by atoms with van der Waals surface area (Å²) in [5.41, 5.74) is 4.05. The van der Waals surface area contributed by atoms with Crippen molar-refractivity contribution in [2.45, 2.75) is 19.4 Å². The minimum Gasteiger partial charge on any atom is -0.496 e. The minimum absolute atomic E-state index is 0.0552. The van der Waals surface area contributed by atoms with E-state index in [1.54, 1.807) is 7.11 Å². The zero-order valence-corrected chi connectivity index (χ0v) is 17.1. The number of ether oxygens (including phenoxy) is 1. The van der Waals surface area contributed by atoms with Crippen LogP contribution in [0.5, 0.6) is 5.75 Å². The van der Waals surface area contributed by atoms with Crippen LogP contribution in [0.4, 0.5) is 0 Å². The lowest BCUT2D eigenvalue weighted by Gasteiger charge is -2.19. The average molecular weight is 396 g/mol. The van der Waals surface area contributed by atoms with E-state index in [0.29, 0.717) is 11.3 Å². The lowest BCUT2D eigenvalue weighted by atomic mass is 10.0. The van der Waals surface area contributed by atoms with Crippen LogP contribution in [-0.4, -0.2) is 18.0 Å². The van der Waals surface area contributed by atoms with Crippen LogP contribution >= 0.6 is 0 Å². The van der Waals surface area contributed by atoms with E-state index in [9.17, 15) is 4.79 Å². The Hall–Kier alpha value is -3.66. The molecular formula is C26H24N2O2. The fourth-order valence-electron chi connectivity index (χ4n) is 3.70. The number of hydrogen-bond acceptors (Lipinski definition) is 3. The number of methoxy groups -OCH3 is 1. The lowest BCUT2D eigenvalue weighted by molar-refractivity contribution is 0.0937. The van der Waals surface area contributed by atoms with Crippen LogP contribution in [-0.2, 0) is 0 Å². The Morgan fingerprint density at radius 2 is 1.67 bits per heavy atom. The topological polar surface area (TPSA) is 51.2 Å². The Morgan fingerprint density at radius 3 is 2.43 bits per heavy atom. The van der Waals surface area contributed by atoms with E-state index >= 15 is 0 Å². The summed E-state index contributed by atoms with van der Waals surface area (Å²) < 4.78 is 5.51. The molecule has 1 amide bonds. The third kappa shape index (κ3) is 3.90. The van der Waals surface area contributed by atoms with E-state index < -0.39 is 0 Å². The quantitative estimate of drug-likeness (QED) is 0.449. The molecule has 1 heterocycles. The number of aromatic nitrogens is 1. The van der Waals surface area contributed by atoms with Gasteiger partial charge in [0.25, 0.3) is 5.91 Å². The largest absolute Gasteiger partial charge is 0.496 e. The van der Waals surface area contributed by atoms with E-state index in [0.717, 1.165) is 34.2 Å². The molecule has 0 spiro atoms. The Balaban J connectivity index is 1.78. The van der Waals surface area contributed by atoms with Crippen LogP contribution in [0.2, 0.25) is 0 Å². The average Bonchev–Trinajstić information content (AvgIpc) is 2.82. The molecule has 0 unspecified atom stereocenters. The lowest BCUT2D eigenvalue weighted by Crippen LogP contribution is -2.28. The van der Waals surface area contributed by atoms with Crippen LogP contribution < -0.4 is 10.1 Å². The van der Waals surface area contributed by atoms with Gasteiger partial charge >= 0.3 is 0 Å². The number of carbonyl (C=O) groups excluding carboxylic acids is 1. The first kappa shape index (κ1) is 19.6. The second-order valence-corrected chi connectivity index (χ2v) is 7.12. The Morgan fingerprint density at radius 1 is 0.967 bits per heavy atom. The first-order chi connectivity index (χ1) is 14.7. The third-order valence-electron chi connectivity index (χ3n) is 5.26. The molecule has 1 N–H and O–H groups in total. The summed E-state index contributed by atoms with van der Waals surface area (Å²) in [6.45, 7) is 2.07. The fraction of sp³-hybridized carbons (Fsp3) is 0.154. The molecule has 0 fully saturated rings. The van der Waals surface area contributed by atoms with Gasteiger partial charge in [-0.25, -0.2) is 4.98 Å². The standard InChI is InChI=1S/C26H24N2O2/c1-3-22(18-11-5-4-6-12-18)28-26(29)21-17-24(20-14-8-10-16-25(20)30-2)27-23-15-9-7-13-19(21)23/h4-17,22H,3H2,1-2H3,(H,28,29)/t22-/m1/s1. The summed E-state index contributed by atoms with van der Waals surface area (Å²) in [4.78, 5) is 18.2. The molecule has 1 aromatic heterocycles. The van der Waals surface area contributed by atoms with E-state index in [2.05, 4.69) is 12.2 Å². The molecule has 0 aliphatic carbocycles. The maximum absolute atomic E-state index is 13.4. The van der Waals surface area contributed by atoms with Crippen LogP contribution in [0.1, 0.15) is 35.3 Å². The number of benzene rings is 3. The maximum Gasteiger partial charge on any atom is 0.252 e. The highest BCUT2D eigenvalue weighted by molar-refractivity contribution is 6.07. The summed E-state index contributed by atoms with van der Waals surface area (Å²) in [6, 6.07) is 27.3. The summed E-state index contributed by atoms with van der Waals surface area (Å²) in [7, 11) is 1.64. The molecule has 0 bridgehead atoms. The zero-order valence-electron chi connectivity index (χ0n) is 17.1. The number of nitrogens with zero attached hydrogens (tertiary/aromatic N) is 1. The van der Waals surface area contributed by atoms with E-state index in [1.165, 1.54) is 0 Å². The minimum atomic E-state index is -0.111. The molecule has 1 atom stereocenters. The molecule has 0 aliphatic heterocycles. The second kappa shape index (κ2) is 8.78. The molecule has 4 nitrogen and oxygen atoms in total. The van der Waals surface area contributed by atoms with Gasteiger partial charge in [0.2, 0.25) is 0 Å². The highest BCUT2D eigenvalue weighted by Gasteiger charge is 2.19. The van der Waals surface area contributed by atoms with Crippen molar-refractivity contribution in [3.63, 3.8) is 0 Å². The van der Waals surface area contributed by atoms with Gasteiger partial charge in [-0.05, 0) is 36.2 Å². The summed E-state index contributed by atoms with van der Waals surface area (Å²) >= 11 is 0. The van der Waals surface area contributed by atoms with Gasteiger partial charge in [0.1, 0.15) is 5.75 Å². The number of amides is 1. The van der Waals surface area contributed by atoms with Gasteiger partial charge in [0.15, 0.2) is 0 Å². The van der Waals surface area contributed by atoms with Gasteiger partial charge in [-0.3, -0.25) is 4.79 Å². The first-order valence-corrected chi connectivity index (χ1v) is 10.1. The zero-order chi connectivity index (χ0) is 20.9. The van der Waals surface area contributed by atoms with Crippen LogP contribution in [0, 0.1) is 0 Å². The van der Waals surface area contributed by atoms with Crippen molar-refractivity contribution >= 4 is 16.8 Å². The predicted octanol–water partition coefficient (Wildman–Crippen LogP) is 5.79. The fourth-order valence-corrected chi connectivity index (χ4v) is 3.70. The number of rotatable bonds is 6. The summed E-state index contributed by atoms with van der Waals surface area (Å²) in [5, 5.41) is 4.03. The Bertz CT molecular complexity index is 1170. The molecular weight excluding hydrogens is 372 g/mol. The molecule has 4 heteroatoms. The molecule has 0 saturated carbocycles. The van der Waals surface area contributed by atoms with E-state index in [-0.39, 0.29) is 11.9 Å². The monoisotopic (exact) mass is 396 g/mol. The summed E-state index contributed by atoms with van der Waals surface area (Å²) in [5.74, 6) is 0.614. The number of nitrogens with one attached hydrogen (secondary N) is 1. The first-order valence-electron chi connectivity index (χ1n) is 10.1. The van der Waals surface area contributed by atoms with Crippen LogP contribution in [0.25, 0.3) is 22.2 Å². The maximum atomic E-state index is 13.4. The van der Waals surface area contributed by atoms with Crippen molar-refractivity contribution in [3.05, 3.63) is 96.1 Å². The van der Waals surface area contributed by atoms with Gasteiger partial charge in [0.05, 0.1) is 29.9 Å². The van der Waals surface area contributed by atoms with Crippen LogP contribution in [0.15, 0.2) is 84.9 Å². The summed E-state index contributed by atoms with van der Waals surface area (Å²) in [6.07, 6.45) is 0.804. The number of pyridine rings is 1. The van der Waals surface area contributed by atoms with Crippen LogP contribution in [0.3, 0.4) is 0 Å². The van der Waals surface area contributed by atoms with Gasteiger partial charge in [-0.1, -0.05) is 67.6 Å². The van der Waals surface area contributed by atoms with Crippen molar-refractivity contribution in [1.82, 2.24) is 10.3 Å². The Labute approximate surface area is 176 Å². The SMILES string of the molecule is CC[C@@H](NC(=O)c1cc(-c2ccccc2OC)nc2ccccc12)c1ccccc1.